The van der Waals surface area contributed by atoms with Crippen LogP contribution in [0.3, 0.4) is 0 Å². The van der Waals surface area contributed by atoms with E-state index >= 15 is 0 Å². The monoisotopic (exact) mass is 428 g/mol. The van der Waals surface area contributed by atoms with Crippen LogP contribution in [0.1, 0.15) is 5.56 Å². The molecule has 0 spiro atoms. The van der Waals surface area contributed by atoms with Gasteiger partial charge in [-0.2, -0.15) is 0 Å². The molecule has 0 atom stereocenters. The molecule has 25 heavy (non-hydrogen) atoms. The maximum atomic E-state index is 12.2. The third-order valence-corrected chi connectivity index (χ3v) is 4.42. The molecule has 1 aliphatic rings. The van der Waals surface area contributed by atoms with Gasteiger partial charge in [-0.3, -0.25) is 19.3 Å². The quantitative estimate of drug-likeness (QED) is 0.539. The molecule has 0 aliphatic carbocycles. The fourth-order valence-electron chi connectivity index (χ4n) is 1.89. The summed E-state index contributed by atoms with van der Waals surface area (Å²) >= 11 is 3.99. The van der Waals surface area contributed by atoms with Crippen molar-refractivity contribution >= 4 is 56.8 Å². The van der Waals surface area contributed by atoms with E-state index in [1.54, 1.807) is 18.2 Å². The Bertz CT molecular complexity index is 779. The molecule has 1 heterocycles. The van der Waals surface area contributed by atoms with Crippen LogP contribution in [-0.4, -0.2) is 48.2 Å². The Morgan fingerprint density at radius 1 is 1.36 bits per heavy atom. The minimum atomic E-state index is -0.784. The molecule has 0 unspecified atom stereocenters. The van der Waals surface area contributed by atoms with E-state index in [2.05, 4.69) is 20.7 Å². The van der Waals surface area contributed by atoms with Crippen molar-refractivity contribution in [2.45, 2.75) is 0 Å². The predicted molar refractivity (Wildman–Crippen MR) is 93.5 cm³/mol. The Morgan fingerprint density at radius 3 is 2.72 bits per heavy atom. The number of benzene rings is 1. The van der Waals surface area contributed by atoms with Gasteiger partial charge >= 0.3 is 5.97 Å². The van der Waals surface area contributed by atoms with Crippen LogP contribution in [-0.2, 0) is 19.1 Å². The molecule has 1 fully saturated rings. The third-order valence-electron chi connectivity index (χ3n) is 3.02. The fourth-order valence-corrected chi connectivity index (χ4v) is 3.10. The number of rotatable bonds is 6. The second-order valence-corrected chi connectivity index (χ2v) is 6.69. The summed E-state index contributed by atoms with van der Waals surface area (Å²) in [5.41, 5.74) is 5.51. The van der Waals surface area contributed by atoms with Gasteiger partial charge in [0.1, 0.15) is 12.3 Å². The standard InChI is InChI=1S/C15H13BrN2O6S/c1-23-13(20)7-24-10-3-2-9(16)4-8(10)5-11-14(21)18(6-12(17)19)15(22)25-11/h2-5H,6-7H2,1H3,(H2,17,19)/b11-5-. The average Bonchev–Trinajstić information content (AvgIpc) is 2.81. The van der Waals surface area contributed by atoms with Crippen LogP contribution in [0.15, 0.2) is 27.6 Å². The van der Waals surface area contributed by atoms with Crippen molar-refractivity contribution in [3.63, 3.8) is 0 Å². The fraction of sp³-hybridized carbons (Fsp3) is 0.200. The Kier molecular flexibility index (Phi) is 6.21. The van der Waals surface area contributed by atoms with E-state index < -0.39 is 29.6 Å². The first-order valence-electron chi connectivity index (χ1n) is 6.84. The highest BCUT2D eigenvalue weighted by Gasteiger charge is 2.36. The summed E-state index contributed by atoms with van der Waals surface area (Å²) in [4.78, 5) is 47.2. The normalized spacial score (nSPS) is 15.6. The van der Waals surface area contributed by atoms with Gasteiger partial charge in [0, 0.05) is 10.0 Å². The number of nitrogens with two attached hydrogens (primary N) is 1. The Morgan fingerprint density at radius 2 is 2.08 bits per heavy atom. The number of nitrogens with zero attached hydrogens (tertiary/aromatic N) is 1. The molecule has 3 amide bonds. The molecule has 0 bridgehead atoms. The Hall–Kier alpha value is -2.33. The van der Waals surface area contributed by atoms with E-state index in [-0.39, 0.29) is 11.5 Å². The minimum Gasteiger partial charge on any atom is -0.481 e. The summed E-state index contributed by atoms with van der Waals surface area (Å²) in [6, 6.07) is 4.96. The number of imide groups is 1. The van der Waals surface area contributed by atoms with Crippen molar-refractivity contribution in [2.75, 3.05) is 20.3 Å². The van der Waals surface area contributed by atoms with Gasteiger partial charge in [0.25, 0.3) is 11.1 Å². The average molecular weight is 429 g/mol. The summed E-state index contributed by atoms with van der Waals surface area (Å²) in [5.74, 6) is -1.63. The molecule has 2 N–H and O–H groups in total. The number of carbonyl (C=O) groups is 4. The van der Waals surface area contributed by atoms with Gasteiger partial charge in [-0.1, -0.05) is 15.9 Å². The summed E-state index contributed by atoms with van der Waals surface area (Å²) in [7, 11) is 1.24. The molecule has 0 saturated carbocycles. The third kappa shape index (κ3) is 4.83. The topological polar surface area (TPSA) is 116 Å². The lowest BCUT2D eigenvalue weighted by Crippen LogP contribution is -2.36. The number of hydrogen-bond acceptors (Lipinski definition) is 7. The van der Waals surface area contributed by atoms with Crippen LogP contribution >= 0.6 is 27.7 Å². The molecule has 10 heteroatoms. The highest BCUT2D eigenvalue weighted by Crippen LogP contribution is 2.34. The zero-order valence-corrected chi connectivity index (χ0v) is 15.4. The lowest BCUT2D eigenvalue weighted by molar-refractivity contribution is -0.142. The van der Waals surface area contributed by atoms with Crippen molar-refractivity contribution in [3.05, 3.63) is 33.1 Å². The van der Waals surface area contributed by atoms with Crippen LogP contribution in [0.5, 0.6) is 5.75 Å². The summed E-state index contributed by atoms with van der Waals surface area (Å²) in [5, 5.41) is -0.581. The Labute approximate surface area is 155 Å². The number of amides is 3. The molecule has 2 rings (SSSR count). The first kappa shape index (κ1) is 19.0. The van der Waals surface area contributed by atoms with Crippen LogP contribution < -0.4 is 10.5 Å². The second-order valence-electron chi connectivity index (χ2n) is 4.78. The van der Waals surface area contributed by atoms with Crippen molar-refractivity contribution < 1.29 is 28.7 Å². The smallest absolute Gasteiger partial charge is 0.343 e. The molecule has 1 aliphatic heterocycles. The number of thioether (sulfide) groups is 1. The summed E-state index contributed by atoms with van der Waals surface area (Å²) < 4.78 is 10.6. The predicted octanol–water partition coefficient (Wildman–Crippen LogP) is 1.52. The molecular weight excluding hydrogens is 416 g/mol. The van der Waals surface area contributed by atoms with E-state index in [4.69, 9.17) is 10.5 Å². The number of ether oxygens (including phenoxy) is 2. The minimum absolute atomic E-state index is 0.118. The van der Waals surface area contributed by atoms with Crippen LogP contribution in [0.25, 0.3) is 6.08 Å². The molecule has 132 valence electrons. The number of methoxy groups -OCH3 is 1. The molecule has 1 aromatic rings. The lowest BCUT2D eigenvalue weighted by atomic mass is 10.2. The van der Waals surface area contributed by atoms with Gasteiger partial charge in [-0.15, -0.1) is 0 Å². The zero-order valence-electron chi connectivity index (χ0n) is 13.0. The first-order valence-corrected chi connectivity index (χ1v) is 8.45. The zero-order chi connectivity index (χ0) is 18.6. The highest BCUT2D eigenvalue weighted by molar-refractivity contribution is 9.10. The number of halogens is 1. The molecule has 0 radical (unpaired) electrons. The van der Waals surface area contributed by atoms with E-state index in [1.807, 2.05) is 0 Å². The maximum absolute atomic E-state index is 12.2. The van der Waals surface area contributed by atoms with Gasteiger partial charge in [0.2, 0.25) is 5.91 Å². The number of primary amides is 1. The van der Waals surface area contributed by atoms with Gasteiger partial charge in [-0.05, 0) is 36.0 Å². The molecular formula is C15H13BrN2O6S. The van der Waals surface area contributed by atoms with E-state index in [0.29, 0.717) is 27.5 Å². The largest absolute Gasteiger partial charge is 0.481 e. The van der Waals surface area contributed by atoms with Gasteiger partial charge < -0.3 is 15.2 Å². The lowest BCUT2D eigenvalue weighted by Gasteiger charge is -2.10. The maximum Gasteiger partial charge on any atom is 0.343 e. The van der Waals surface area contributed by atoms with Crippen molar-refractivity contribution in [3.8, 4) is 5.75 Å². The molecule has 1 aromatic carbocycles. The van der Waals surface area contributed by atoms with E-state index in [1.165, 1.54) is 13.2 Å². The van der Waals surface area contributed by atoms with Crippen LogP contribution in [0, 0.1) is 0 Å². The highest BCUT2D eigenvalue weighted by atomic mass is 79.9. The van der Waals surface area contributed by atoms with E-state index in [9.17, 15) is 19.2 Å². The Balaban J connectivity index is 2.29. The van der Waals surface area contributed by atoms with Crippen molar-refractivity contribution in [1.82, 2.24) is 4.90 Å². The molecule has 1 saturated heterocycles. The van der Waals surface area contributed by atoms with Crippen LogP contribution in [0.4, 0.5) is 4.79 Å². The summed E-state index contributed by atoms with van der Waals surface area (Å²) in [6.45, 7) is -0.783. The SMILES string of the molecule is COC(=O)COc1ccc(Br)cc1/C=C1\SC(=O)N(CC(N)=O)C1=O. The van der Waals surface area contributed by atoms with Gasteiger partial charge in [0.05, 0.1) is 12.0 Å². The van der Waals surface area contributed by atoms with Crippen molar-refractivity contribution in [1.29, 1.82) is 0 Å². The van der Waals surface area contributed by atoms with E-state index in [0.717, 1.165) is 4.90 Å². The van der Waals surface area contributed by atoms with Gasteiger partial charge in [0.15, 0.2) is 6.61 Å². The van der Waals surface area contributed by atoms with Gasteiger partial charge in [-0.25, -0.2) is 4.79 Å². The van der Waals surface area contributed by atoms with Crippen LogP contribution in [0.2, 0.25) is 0 Å². The molecule has 8 nitrogen and oxygen atoms in total. The molecule has 0 aromatic heterocycles. The summed E-state index contributed by atoms with van der Waals surface area (Å²) in [6.07, 6.45) is 1.45. The number of hydrogen-bond donors (Lipinski definition) is 1. The van der Waals surface area contributed by atoms with Crippen molar-refractivity contribution in [2.24, 2.45) is 5.73 Å². The number of esters is 1. The second kappa shape index (κ2) is 8.17. The first-order chi connectivity index (χ1) is 11.8. The number of carbonyl (C=O) groups excluding carboxylic acids is 4.